The van der Waals surface area contributed by atoms with E-state index in [1.54, 1.807) is 11.1 Å². The Labute approximate surface area is 62.6 Å². The molecule has 0 spiro atoms. The third-order valence-corrected chi connectivity index (χ3v) is 2.89. The Hall–Kier alpha value is -0.520. The summed E-state index contributed by atoms with van der Waals surface area (Å²) < 4.78 is 0. The summed E-state index contributed by atoms with van der Waals surface area (Å²) in [7, 11) is 0. The highest BCUT2D eigenvalue weighted by molar-refractivity contribution is 5.29. The van der Waals surface area contributed by atoms with Gasteiger partial charge < -0.3 is 0 Å². The van der Waals surface area contributed by atoms with Gasteiger partial charge in [0.15, 0.2) is 0 Å². The summed E-state index contributed by atoms with van der Waals surface area (Å²) in [6, 6.07) is 0. The maximum absolute atomic E-state index is 2.45. The van der Waals surface area contributed by atoms with Gasteiger partial charge in [-0.05, 0) is 38.5 Å². The lowest BCUT2D eigenvalue weighted by Gasteiger charge is -2.32. The van der Waals surface area contributed by atoms with Crippen LogP contribution in [0.15, 0.2) is 23.3 Å². The maximum Gasteiger partial charge on any atom is -0.00227 e. The zero-order valence-electron chi connectivity index (χ0n) is 6.72. The predicted molar refractivity (Wildman–Crippen MR) is 43.7 cm³/mol. The Kier molecular flexibility index (Phi) is 1.23. The smallest absolute Gasteiger partial charge is 0.00227 e. The van der Waals surface area contributed by atoms with E-state index in [4.69, 9.17) is 0 Å². The van der Waals surface area contributed by atoms with Crippen LogP contribution >= 0.6 is 0 Å². The van der Waals surface area contributed by atoms with Crippen LogP contribution in [0.5, 0.6) is 0 Å². The average Bonchev–Trinajstić information content (AvgIpc) is 1.91. The van der Waals surface area contributed by atoms with E-state index in [9.17, 15) is 0 Å². The Morgan fingerprint density at radius 3 is 1.60 bits per heavy atom. The number of fused-ring (bicyclic) bond motifs is 1. The van der Waals surface area contributed by atoms with E-state index >= 15 is 0 Å². The largest absolute Gasteiger partial charge is 0.0778 e. The van der Waals surface area contributed by atoms with Crippen LogP contribution < -0.4 is 0 Å². The molecule has 3 aliphatic carbocycles. The summed E-state index contributed by atoms with van der Waals surface area (Å²) in [6.07, 6.45) is 7.68. The van der Waals surface area contributed by atoms with Crippen LogP contribution in [-0.2, 0) is 0 Å². The van der Waals surface area contributed by atoms with Gasteiger partial charge in [-0.2, -0.15) is 0 Å². The molecule has 2 bridgehead atoms. The predicted octanol–water partition coefficient (Wildman–Crippen LogP) is 2.92. The molecular formula is C10H14. The summed E-state index contributed by atoms with van der Waals surface area (Å²) in [5, 5.41) is 0. The molecule has 3 aliphatic rings. The van der Waals surface area contributed by atoms with Crippen LogP contribution in [0.2, 0.25) is 0 Å². The highest BCUT2D eigenvalue weighted by Gasteiger charge is 2.24. The molecule has 0 radical (unpaired) electrons. The van der Waals surface area contributed by atoms with Gasteiger partial charge in [0.05, 0.1) is 0 Å². The molecule has 0 aromatic carbocycles. The molecule has 0 amide bonds. The summed E-state index contributed by atoms with van der Waals surface area (Å²) in [5.74, 6) is 1.59. The van der Waals surface area contributed by atoms with Crippen molar-refractivity contribution in [2.24, 2.45) is 11.8 Å². The second-order valence-corrected chi connectivity index (χ2v) is 3.61. The second kappa shape index (κ2) is 1.98. The van der Waals surface area contributed by atoms with E-state index < -0.39 is 0 Å². The minimum Gasteiger partial charge on any atom is -0.0778 e. The first kappa shape index (κ1) is 6.21. The Balaban J connectivity index is 2.36. The zero-order valence-corrected chi connectivity index (χ0v) is 6.72. The normalized spacial score (nSPS) is 37.4. The van der Waals surface area contributed by atoms with Gasteiger partial charge in [-0.1, -0.05) is 23.3 Å². The summed E-state index contributed by atoms with van der Waals surface area (Å²) >= 11 is 0. The van der Waals surface area contributed by atoms with Gasteiger partial charge in [0, 0.05) is 0 Å². The van der Waals surface area contributed by atoms with Gasteiger partial charge in [-0.25, -0.2) is 0 Å². The molecule has 2 unspecified atom stereocenters. The second-order valence-electron chi connectivity index (χ2n) is 3.61. The Morgan fingerprint density at radius 1 is 1.00 bits per heavy atom. The van der Waals surface area contributed by atoms with Gasteiger partial charge in [-0.15, -0.1) is 0 Å². The standard InChI is InChI=1S/C10H14/c1-7-5-10-4-3-9(7)6-8(10)2/h5-6,9-10H,3-4H2,1-2H3. The van der Waals surface area contributed by atoms with Crippen molar-refractivity contribution in [2.45, 2.75) is 26.7 Å². The van der Waals surface area contributed by atoms with Gasteiger partial charge in [-0.3, -0.25) is 0 Å². The number of hydrogen-bond acceptors (Lipinski definition) is 0. The molecule has 2 atom stereocenters. The highest BCUT2D eigenvalue weighted by atomic mass is 14.3. The van der Waals surface area contributed by atoms with Gasteiger partial charge in [0.2, 0.25) is 0 Å². The van der Waals surface area contributed by atoms with Crippen LogP contribution in [0, 0.1) is 11.8 Å². The van der Waals surface area contributed by atoms with Gasteiger partial charge in [0.1, 0.15) is 0 Å². The van der Waals surface area contributed by atoms with Gasteiger partial charge >= 0.3 is 0 Å². The van der Waals surface area contributed by atoms with Crippen LogP contribution in [0.4, 0.5) is 0 Å². The van der Waals surface area contributed by atoms with Crippen molar-refractivity contribution in [3.8, 4) is 0 Å². The molecule has 0 heteroatoms. The van der Waals surface area contributed by atoms with Crippen molar-refractivity contribution >= 4 is 0 Å². The quantitative estimate of drug-likeness (QED) is 0.447. The van der Waals surface area contributed by atoms with Crippen molar-refractivity contribution in [1.82, 2.24) is 0 Å². The molecule has 0 N–H and O–H groups in total. The summed E-state index contributed by atoms with van der Waals surface area (Å²) in [4.78, 5) is 0. The van der Waals surface area contributed by atoms with E-state index in [-0.39, 0.29) is 0 Å². The molecule has 0 aromatic heterocycles. The molecule has 0 aliphatic heterocycles. The minimum absolute atomic E-state index is 0.796. The lowest BCUT2D eigenvalue weighted by atomic mass is 9.73. The van der Waals surface area contributed by atoms with Crippen LogP contribution in [0.25, 0.3) is 0 Å². The number of hydrogen-bond donors (Lipinski definition) is 0. The Morgan fingerprint density at radius 2 is 1.40 bits per heavy atom. The van der Waals surface area contributed by atoms with E-state index in [0.29, 0.717) is 0 Å². The van der Waals surface area contributed by atoms with E-state index in [0.717, 1.165) is 11.8 Å². The number of rotatable bonds is 0. The maximum atomic E-state index is 2.45. The first-order valence-electron chi connectivity index (χ1n) is 4.14. The lowest BCUT2D eigenvalue weighted by molar-refractivity contribution is 0.483. The van der Waals surface area contributed by atoms with Crippen LogP contribution in [-0.4, -0.2) is 0 Å². The molecule has 0 fully saturated rings. The molecule has 0 nitrogen and oxygen atoms in total. The summed E-state index contributed by atoms with van der Waals surface area (Å²) in [5.41, 5.74) is 3.20. The molecule has 54 valence electrons. The molecular weight excluding hydrogens is 120 g/mol. The first-order chi connectivity index (χ1) is 4.77. The van der Waals surface area contributed by atoms with Crippen molar-refractivity contribution in [1.29, 1.82) is 0 Å². The van der Waals surface area contributed by atoms with Crippen LogP contribution in [0.1, 0.15) is 26.7 Å². The van der Waals surface area contributed by atoms with Crippen molar-refractivity contribution in [2.75, 3.05) is 0 Å². The van der Waals surface area contributed by atoms with E-state index in [1.165, 1.54) is 12.8 Å². The molecule has 0 aromatic rings. The third kappa shape index (κ3) is 0.749. The van der Waals surface area contributed by atoms with Crippen molar-refractivity contribution in [3.63, 3.8) is 0 Å². The molecule has 0 saturated heterocycles. The molecule has 3 rings (SSSR count). The monoisotopic (exact) mass is 134 g/mol. The summed E-state index contributed by atoms with van der Waals surface area (Å²) in [6.45, 7) is 4.53. The van der Waals surface area contributed by atoms with Crippen molar-refractivity contribution < 1.29 is 0 Å². The van der Waals surface area contributed by atoms with Crippen molar-refractivity contribution in [3.05, 3.63) is 23.3 Å². The average molecular weight is 134 g/mol. The first-order valence-corrected chi connectivity index (χ1v) is 4.14. The zero-order chi connectivity index (χ0) is 7.14. The molecule has 0 heterocycles. The SMILES string of the molecule is CC1=CC2CCC1C=C2C. The fourth-order valence-corrected chi connectivity index (χ4v) is 2.13. The van der Waals surface area contributed by atoms with Gasteiger partial charge in [0.25, 0.3) is 0 Å². The van der Waals surface area contributed by atoms with Crippen LogP contribution in [0.3, 0.4) is 0 Å². The Bertz CT molecular complexity index is 184. The fourth-order valence-electron chi connectivity index (χ4n) is 2.13. The highest BCUT2D eigenvalue weighted by Crippen LogP contribution is 2.38. The third-order valence-electron chi connectivity index (χ3n) is 2.89. The van der Waals surface area contributed by atoms with E-state index in [2.05, 4.69) is 26.0 Å². The topological polar surface area (TPSA) is 0 Å². The molecule has 10 heavy (non-hydrogen) atoms. The van der Waals surface area contributed by atoms with E-state index in [1.807, 2.05) is 0 Å². The lowest BCUT2D eigenvalue weighted by Crippen LogP contribution is -2.18. The molecule has 0 saturated carbocycles. The fraction of sp³-hybridized carbons (Fsp3) is 0.600. The number of allylic oxidation sites excluding steroid dienone is 4. The minimum atomic E-state index is 0.796.